The van der Waals surface area contributed by atoms with Crippen molar-refractivity contribution in [3.63, 3.8) is 0 Å². The van der Waals surface area contributed by atoms with Gasteiger partial charge in [0.2, 0.25) is 11.8 Å². The molecule has 3 amide bonds. The van der Waals surface area contributed by atoms with Gasteiger partial charge in [0.1, 0.15) is 12.1 Å². The minimum atomic E-state index is -1.16. The Hall–Kier alpha value is -4.04. The number of benzene rings is 3. The summed E-state index contributed by atoms with van der Waals surface area (Å²) in [6, 6.07) is 21.5. The molecular weight excluding hydrogens is 576 g/mol. The van der Waals surface area contributed by atoms with Gasteiger partial charge in [-0.2, -0.15) is 0 Å². The molecule has 8 nitrogen and oxygen atoms in total. The second-order valence-corrected chi connectivity index (χ2v) is 12.7. The number of carbonyl (C=O) groups is 3. The van der Waals surface area contributed by atoms with Crippen molar-refractivity contribution < 1.29 is 19.5 Å². The lowest BCUT2D eigenvalue weighted by Gasteiger charge is -2.37. The number of fused-ring (bicyclic) bond motifs is 1. The molecule has 2 aliphatic heterocycles. The standard InChI is InChI=1S/C35H39ClN4O4/c36-28-13-11-23(12-14-28)19-31(38-33(41)32-20-26-5-1-2-6-27(26)22-40(32)35(43)44)34(42)39-17-15-25(16-18-39)29-7-3-4-8-30(29)37-21-24-9-10-24/h1-8,11-14,24-25,31-32,37H,9-10,15-22H2,(H,38,41)(H,43,44)/t31-,32+/m1/s1. The van der Waals surface area contributed by atoms with E-state index in [0.29, 0.717) is 24.0 Å². The number of carboxylic acid groups (broad SMARTS) is 1. The maximum absolute atomic E-state index is 14.0. The number of para-hydroxylation sites is 1. The Bertz CT molecular complexity index is 1500. The Balaban J connectivity index is 1.16. The number of likely N-dealkylation sites (tertiary alicyclic amines) is 1. The second-order valence-electron chi connectivity index (χ2n) is 12.3. The molecule has 2 atom stereocenters. The first-order valence-electron chi connectivity index (χ1n) is 15.6. The van der Waals surface area contributed by atoms with Crippen molar-refractivity contribution in [2.75, 3.05) is 25.0 Å². The van der Waals surface area contributed by atoms with E-state index in [1.807, 2.05) is 41.3 Å². The third kappa shape index (κ3) is 7.02. The number of anilines is 1. The Labute approximate surface area is 263 Å². The van der Waals surface area contributed by atoms with Crippen LogP contribution in [0.2, 0.25) is 5.02 Å². The maximum Gasteiger partial charge on any atom is 0.408 e. The summed E-state index contributed by atoms with van der Waals surface area (Å²) in [4.78, 5) is 43.0. The number of nitrogens with one attached hydrogen (secondary N) is 2. The number of halogens is 1. The monoisotopic (exact) mass is 614 g/mol. The molecule has 0 aromatic heterocycles. The smallest absolute Gasteiger partial charge is 0.408 e. The molecule has 0 radical (unpaired) electrons. The van der Waals surface area contributed by atoms with Crippen LogP contribution in [0.4, 0.5) is 10.5 Å². The average molecular weight is 615 g/mol. The molecule has 1 saturated carbocycles. The third-order valence-electron chi connectivity index (χ3n) is 9.25. The molecule has 2 heterocycles. The summed E-state index contributed by atoms with van der Waals surface area (Å²) in [7, 11) is 0. The van der Waals surface area contributed by atoms with E-state index in [-0.39, 0.29) is 25.3 Å². The molecule has 0 spiro atoms. The Kier molecular flexibility index (Phi) is 9.07. The molecule has 3 aliphatic rings. The zero-order valence-corrected chi connectivity index (χ0v) is 25.5. The summed E-state index contributed by atoms with van der Waals surface area (Å²) in [5.41, 5.74) is 5.19. The molecule has 3 aromatic rings. The van der Waals surface area contributed by atoms with Gasteiger partial charge in [-0.3, -0.25) is 14.5 Å². The minimum Gasteiger partial charge on any atom is -0.465 e. The Morgan fingerprint density at radius 1 is 0.886 bits per heavy atom. The highest BCUT2D eigenvalue weighted by molar-refractivity contribution is 6.30. The van der Waals surface area contributed by atoms with E-state index in [4.69, 9.17) is 11.6 Å². The largest absolute Gasteiger partial charge is 0.465 e. The van der Waals surface area contributed by atoms with Gasteiger partial charge >= 0.3 is 6.09 Å². The van der Waals surface area contributed by atoms with Crippen molar-refractivity contribution in [2.45, 2.75) is 63.1 Å². The van der Waals surface area contributed by atoms with Crippen LogP contribution in [0.1, 0.15) is 53.9 Å². The van der Waals surface area contributed by atoms with Crippen molar-refractivity contribution in [2.24, 2.45) is 5.92 Å². The highest BCUT2D eigenvalue weighted by atomic mass is 35.5. The zero-order valence-electron chi connectivity index (χ0n) is 24.8. The molecule has 44 heavy (non-hydrogen) atoms. The Morgan fingerprint density at radius 3 is 2.27 bits per heavy atom. The number of nitrogens with zero attached hydrogens (tertiary/aromatic N) is 2. The van der Waals surface area contributed by atoms with Gasteiger partial charge < -0.3 is 20.6 Å². The third-order valence-corrected chi connectivity index (χ3v) is 9.50. The highest BCUT2D eigenvalue weighted by Crippen LogP contribution is 2.35. The Morgan fingerprint density at radius 2 is 1.57 bits per heavy atom. The van der Waals surface area contributed by atoms with Crippen LogP contribution in [0.15, 0.2) is 72.8 Å². The molecule has 0 unspecified atom stereocenters. The summed E-state index contributed by atoms with van der Waals surface area (Å²) < 4.78 is 0. The molecule has 2 fully saturated rings. The van der Waals surface area contributed by atoms with E-state index in [0.717, 1.165) is 42.0 Å². The predicted molar refractivity (Wildman–Crippen MR) is 171 cm³/mol. The molecule has 6 rings (SSSR count). The van der Waals surface area contributed by atoms with E-state index in [9.17, 15) is 19.5 Å². The fraction of sp³-hybridized carbons (Fsp3) is 0.400. The van der Waals surface area contributed by atoms with Gasteiger partial charge in [0.05, 0.1) is 6.54 Å². The van der Waals surface area contributed by atoms with Crippen LogP contribution >= 0.6 is 11.6 Å². The quantitative estimate of drug-likeness (QED) is 0.287. The zero-order chi connectivity index (χ0) is 30.6. The molecule has 9 heteroatoms. The van der Waals surface area contributed by atoms with Crippen LogP contribution in [-0.4, -0.2) is 64.5 Å². The van der Waals surface area contributed by atoms with Crippen molar-refractivity contribution >= 4 is 35.2 Å². The van der Waals surface area contributed by atoms with Crippen LogP contribution in [0.5, 0.6) is 0 Å². The maximum atomic E-state index is 14.0. The first-order chi connectivity index (χ1) is 21.4. The van der Waals surface area contributed by atoms with Gasteiger partial charge in [-0.15, -0.1) is 0 Å². The number of rotatable bonds is 9. The van der Waals surface area contributed by atoms with Gasteiger partial charge in [0, 0.05) is 43.2 Å². The molecule has 3 aromatic carbocycles. The first kappa shape index (κ1) is 30.0. The van der Waals surface area contributed by atoms with Gasteiger partial charge in [-0.05, 0) is 78.0 Å². The predicted octanol–water partition coefficient (Wildman–Crippen LogP) is 5.70. The molecular formula is C35H39ClN4O4. The van der Waals surface area contributed by atoms with Crippen molar-refractivity contribution in [3.8, 4) is 0 Å². The molecule has 0 bridgehead atoms. The normalized spacial score (nSPS) is 19.2. The summed E-state index contributed by atoms with van der Waals surface area (Å²) >= 11 is 6.11. The lowest BCUT2D eigenvalue weighted by atomic mass is 9.87. The highest BCUT2D eigenvalue weighted by Gasteiger charge is 2.37. The first-order valence-corrected chi connectivity index (χ1v) is 16.0. The van der Waals surface area contributed by atoms with Crippen molar-refractivity contribution in [1.82, 2.24) is 15.1 Å². The molecule has 230 valence electrons. The molecule has 1 aliphatic carbocycles. The molecule has 3 N–H and O–H groups in total. The van der Waals surface area contributed by atoms with Gasteiger partial charge in [-0.1, -0.05) is 66.2 Å². The van der Waals surface area contributed by atoms with Gasteiger partial charge in [0.25, 0.3) is 0 Å². The van der Waals surface area contributed by atoms with Crippen LogP contribution in [-0.2, 0) is 29.0 Å². The SMILES string of the molecule is O=C(N[C@H](Cc1ccc(Cl)cc1)C(=O)N1CCC(c2ccccc2NCC2CC2)CC1)[C@@H]1Cc2ccccc2CN1C(=O)O. The lowest BCUT2D eigenvalue weighted by Crippen LogP contribution is -2.58. The minimum absolute atomic E-state index is 0.129. The van der Waals surface area contributed by atoms with Crippen LogP contribution in [0.3, 0.4) is 0 Å². The van der Waals surface area contributed by atoms with Crippen molar-refractivity contribution in [3.05, 3.63) is 100 Å². The second kappa shape index (κ2) is 13.3. The summed E-state index contributed by atoms with van der Waals surface area (Å²) in [5, 5.41) is 17.2. The summed E-state index contributed by atoms with van der Waals surface area (Å²) in [6.07, 6.45) is 3.65. The summed E-state index contributed by atoms with van der Waals surface area (Å²) in [6.45, 7) is 2.31. The van der Waals surface area contributed by atoms with E-state index >= 15 is 0 Å². The topological polar surface area (TPSA) is 102 Å². The van der Waals surface area contributed by atoms with E-state index in [1.54, 1.807) is 12.1 Å². The van der Waals surface area contributed by atoms with Crippen LogP contribution in [0.25, 0.3) is 0 Å². The molecule has 1 saturated heterocycles. The fourth-order valence-corrected chi connectivity index (χ4v) is 6.63. The fourth-order valence-electron chi connectivity index (χ4n) is 6.50. The van der Waals surface area contributed by atoms with Crippen molar-refractivity contribution in [1.29, 1.82) is 0 Å². The van der Waals surface area contributed by atoms with E-state index in [1.165, 1.54) is 29.0 Å². The number of piperidine rings is 1. The van der Waals surface area contributed by atoms with Gasteiger partial charge in [-0.25, -0.2) is 4.79 Å². The number of carbonyl (C=O) groups excluding carboxylic acids is 2. The average Bonchev–Trinajstić information content (AvgIpc) is 3.88. The summed E-state index contributed by atoms with van der Waals surface area (Å²) in [5.74, 6) is 0.517. The van der Waals surface area contributed by atoms with Gasteiger partial charge in [0.15, 0.2) is 0 Å². The lowest BCUT2D eigenvalue weighted by molar-refractivity contribution is -0.138. The van der Waals surface area contributed by atoms with E-state index in [2.05, 4.69) is 34.9 Å². The number of hydrogen-bond acceptors (Lipinski definition) is 4. The van der Waals surface area contributed by atoms with E-state index < -0.39 is 24.1 Å². The van der Waals surface area contributed by atoms with Crippen LogP contribution in [0, 0.1) is 5.92 Å². The number of hydrogen-bond donors (Lipinski definition) is 3. The van der Waals surface area contributed by atoms with Crippen LogP contribution < -0.4 is 10.6 Å². The number of amides is 3.